The van der Waals surface area contributed by atoms with E-state index in [-0.39, 0.29) is 29.2 Å². The molecule has 0 aliphatic carbocycles. The Labute approximate surface area is 148 Å². The Balaban J connectivity index is -0.000000231. The van der Waals surface area contributed by atoms with Gasteiger partial charge in [-0.05, 0) is 12.5 Å². The van der Waals surface area contributed by atoms with E-state index in [0.29, 0.717) is 0 Å². The van der Waals surface area contributed by atoms with Gasteiger partial charge in [-0.25, -0.2) is 0 Å². The molecule has 0 saturated heterocycles. The molecule has 0 spiro atoms. The van der Waals surface area contributed by atoms with E-state index in [2.05, 4.69) is 26.5 Å². The Hall–Kier alpha value is -1.82. The van der Waals surface area contributed by atoms with Crippen molar-refractivity contribution in [2.24, 2.45) is 5.92 Å². The number of hydrogen-bond acceptors (Lipinski definition) is 2. The van der Waals surface area contributed by atoms with E-state index < -0.39 is 5.60 Å². The smallest absolute Gasteiger partial charge is 0 e. The summed E-state index contributed by atoms with van der Waals surface area (Å²) in [6.45, 7) is 22.6. The number of ether oxygens (including phenoxy) is 1. The molecule has 23 heavy (non-hydrogen) atoms. The molecule has 122 valence electrons. The van der Waals surface area contributed by atoms with E-state index in [4.69, 9.17) is 18.7 Å². The van der Waals surface area contributed by atoms with Crippen LogP contribution in [-0.4, -0.2) is 5.97 Å². The molecule has 0 heterocycles. The molecule has 0 aromatic heterocycles. The standard InChI is InChI=1S/C14H18O2.3CO.Cr/c1-5-11(2)14(4,16-12(3)15)13-9-7-6-8-10-13;3*1-2;/h5-11H,1H2,2-4H3;;;;/t11-,14-;;;;/m1..../s1. The van der Waals surface area contributed by atoms with Crippen molar-refractivity contribution < 1.29 is 40.8 Å². The van der Waals surface area contributed by atoms with E-state index >= 15 is 0 Å². The second kappa shape index (κ2) is 18.2. The molecule has 0 N–H and O–H groups in total. The Bertz CT molecular complexity index is 478. The van der Waals surface area contributed by atoms with Crippen molar-refractivity contribution >= 4 is 5.97 Å². The maximum Gasteiger partial charge on any atom is 0 e. The average molecular weight is 354 g/mol. The number of rotatable bonds is 4. The summed E-state index contributed by atoms with van der Waals surface area (Å²) in [6.07, 6.45) is 1.80. The van der Waals surface area contributed by atoms with Crippen LogP contribution in [-0.2, 0) is 46.5 Å². The molecular weight excluding hydrogens is 336 g/mol. The van der Waals surface area contributed by atoms with Crippen LogP contribution in [0.5, 0.6) is 0 Å². The Morgan fingerprint density at radius 2 is 1.57 bits per heavy atom. The zero-order valence-electron chi connectivity index (χ0n) is 13.2. The van der Waals surface area contributed by atoms with Crippen LogP contribution in [0.3, 0.4) is 0 Å². The van der Waals surface area contributed by atoms with E-state index in [9.17, 15) is 4.79 Å². The summed E-state index contributed by atoms with van der Waals surface area (Å²) in [5.74, 6) is -0.223. The quantitative estimate of drug-likeness (QED) is 0.360. The van der Waals surface area contributed by atoms with Gasteiger partial charge in [0.2, 0.25) is 0 Å². The third-order valence-electron chi connectivity index (χ3n) is 2.93. The Morgan fingerprint density at radius 3 is 1.87 bits per heavy atom. The van der Waals surface area contributed by atoms with Gasteiger partial charge < -0.3 is 4.74 Å². The number of esters is 1. The fraction of sp³-hybridized carbons (Fsp3) is 0.294. The molecule has 2 atom stereocenters. The minimum Gasteiger partial charge on any atom is 0 e. The molecule has 0 fully saturated rings. The van der Waals surface area contributed by atoms with E-state index in [1.165, 1.54) is 6.92 Å². The monoisotopic (exact) mass is 354 g/mol. The van der Waals surface area contributed by atoms with E-state index in [1.54, 1.807) is 6.08 Å². The molecule has 0 bridgehead atoms. The predicted molar refractivity (Wildman–Crippen MR) is 76.7 cm³/mol. The summed E-state index contributed by atoms with van der Waals surface area (Å²) >= 11 is 0. The van der Waals surface area contributed by atoms with Crippen LogP contribution in [0.4, 0.5) is 0 Å². The van der Waals surface area contributed by atoms with Crippen LogP contribution in [0.15, 0.2) is 43.0 Å². The van der Waals surface area contributed by atoms with Gasteiger partial charge in [0.15, 0.2) is 0 Å². The summed E-state index contributed by atoms with van der Waals surface area (Å²) in [6, 6.07) is 9.74. The van der Waals surface area contributed by atoms with Gasteiger partial charge in [0.05, 0.1) is 0 Å². The second-order valence-electron chi connectivity index (χ2n) is 4.09. The van der Waals surface area contributed by atoms with Gasteiger partial charge >= 0.3 is 39.9 Å². The molecule has 6 heteroatoms. The van der Waals surface area contributed by atoms with Gasteiger partial charge in [-0.3, -0.25) is 4.79 Å². The third kappa shape index (κ3) is 10.5. The molecule has 0 saturated carbocycles. The molecule has 0 radical (unpaired) electrons. The largest absolute Gasteiger partial charge is 0 e. The first kappa shape index (κ1) is 29.2. The van der Waals surface area contributed by atoms with Gasteiger partial charge in [0.1, 0.15) is 5.60 Å². The van der Waals surface area contributed by atoms with E-state index in [1.807, 2.05) is 44.2 Å². The molecule has 1 aromatic carbocycles. The third-order valence-corrected chi connectivity index (χ3v) is 2.93. The van der Waals surface area contributed by atoms with Crippen LogP contribution >= 0.6 is 0 Å². The van der Waals surface area contributed by atoms with Gasteiger partial charge in [0.25, 0.3) is 0 Å². The maximum atomic E-state index is 11.2. The van der Waals surface area contributed by atoms with Gasteiger partial charge in [-0.1, -0.05) is 43.3 Å². The van der Waals surface area contributed by atoms with Crippen molar-refractivity contribution in [3.05, 3.63) is 68.5 Å². The predicted octanol–water partition coefficient (Wildman–Crippen LogP) is 3.17. The van der Waals surface area contributed by atoms with Crippen molar-refractivity contribution in [2.75, 3.05) is 0 Å². The summed E-state index contributed by atoms with van der Waals surface area (Å²) in [7, 11) is 0. The topological polar surface area (TPSA) is 86.0 Å². The first-order valence-electron chi connectivity index (χ1n) is 5.99. The number of carbonyl (C=O) groups excluding carboxylic acids is 1. The van der Waals surface area contributed by atoms with Crippen LogP contribution in [0, 0.1) is 25.9 Å². The minimum atomic E-state index is -0.644. The first-order chi connectivity index (χ1) is 10.5. The van der Waals surface area contributed by atoms with Crippen LogP contribution in [0.2, 0.25) is 0 Å². The van der Waals surface area contributed by atoms with Crippen molar-refractivity contribution in [1.29, 1.82) is 0 Å². The number of benzene rings is 1. The average Bonchev–Trinajstić information content (AvgIpc) is 2.59. The van der Waals surface area contributed by atoms with Crippen molar-refractivity contribution in [3.63, 3.8) is 0 Å². The summed E-state index contributed by atoms with van der Waals surface area (Å²) < 4.78 is 28.0. The zero-order chi connectivity index (χ0) is 18.2. The SMILES string of the molecule is C=C[C@@H](C)[C@@](C)(OC(C)=O)c1ccccc1.[C-]#[O+].[C-]#[O+].[C-]#[O+].[Cr]. The summed E-state index contributed by atoms with van der Waals surface area (Å²) in [4.78, 5) is 11.2. The second-order valence-corrected chi connectivity index (χ2v) is 4.09. The fourth-order valence-electron chi connectivity index (χ4n) is 1.71. The summed E-state index contributed by atoms with van der Waals surface area (Å²) in [5, 5.41) is 0. The number of carbonyl (C=O) groups is 1. The van der Waals surface area contributed by atoms with Crippen molar-refractivity contribution in [3.8, 4) is 0 Å². The van der Waals surface area contributed by atoms with Gasteiger partial charge in [-0.15, -0.1) is 6.58 Å². The molecule has 1 aromatic rings. The minimum absolute atomic E-state index is 0. The molecule has 1 rings (SSSR count). The van der Waals surface area contributed by atoms with Crippen LogP contribution < -0.4 is 0 Å². The maximum absolute atomic E-state index is 11.2. The van der Waals surface area contributed by atoms with E-state index in [0.717, 1.165) is 5.56 Å². The molecule has 0 aliphatic heterocycles. The van der Waals surface area contributed by atoms with Crippen LogP contribution in [0.1, 0.15) is 26.3 Å². The first-order valence-corrected chi connectivity index (χ1v) is 5.99. The molecule has 0 aliphatic rings. The van der Waals surface area contributed by atoms with Crippen LogP contribution in [0.25, 0.3) is 0 Å². The Morgan fingerprint density at radius 1 is 1.17 bits per heavy atom. The fourth-order valence-corrected chi connectivity index (χ4v) is 1.71. The molecule has 0 unspecified atom stereocenters. The molecular formula is C17H18CrO5. The van der Waals surface area contributed by atoms with Crippen molar-refractivity contribution in [2.45, 2.75) is 26.4 Å². The van der Waals surface area contributed by atoms with Gasteiger partial charge in [-0.2, -0.15) is 0 Å². The van der Waals surface area contributed by atoms with Gasteiger partial charge in [0, 0.05) is 30.2 Å². The Kier molecular flexibility index (Phi) is 23.2. The summed E-state index contributed by atoms with van der Waals surface area (Å²) in [5.41, 5.74) is 0.340. The number of hydrogen-bond donors (Lipinski definition) is 0. The van der Waals surface area contributed by atoms with Crippen molar-refractivity contribution in [1.82, 2.24) is 0 Å². The molecule has 0 amide bonds. The molecule has 5 nitrogen and oxygen atoms in total. The normalized spacial score (nSPS) is 11.3. The zero-order valence-corrected chi connectivity index (χ0v) is 14.5.